The molecule has 20 heavy (non-hydrogen) atoms. The third kappa shape index (κ3) is 3.61. The zero-order valence-corrected chi connectivity index (χ0v) is 14.2. The fraction of sp³-hybridized carbons (Fsp3) is 0.250. The summed E-state index contributed by atoms with van der Waals surface area (Å²) in [5, 5.41) is 0.783. The fourth-order valence-corrected chi connectivity index (χ4v) is 3.00. The smallest absolute Gasteiger partial charge is 0.168 e. The Hall–Kier alpha value is -0.870. The first-order valence-electron chi connectivity index (χ1n) is 6.28. The Kier molecular flexibility index (Phi) is 5.61. The van der Waals surface area contributed by atoms with Crippen LogP contribution < -0.4 is 4.74 Å². The molecular formula is C16H15Br2FO. The second kappa shape index (κ2) is 7.23. The van der Waals surface area contributed by atoms with Gasteiger partial charge in [-0.3, -0.25) is 0 Å². The first-order valence-corrected chi connectivity index (χ1v) is 8.20. The van der Waals surface area contributed by atoms with Crippen molar-refractivity contribution in [2.24, 2.45) is 0 Å². The third-order valence-electron chi connectivity index (χ3n) is 3.26. The molecule has 0 aromatic heterocycles. The average Bonchev–Trinajstić information content (AvgIpc) is 2.47. The number of hydrogen-bond acceptors (Lipinski definition) is 1. The maximum atomic E-state index is 14.2. The quantitative estimate of drug-likeness (QED) is 0.616. The number of benzene rings is 2. The molecular weight excluding hydrogens is 387 g/mol. The molecule has 0 bridgehead atoms. The largest absolute Gasteiger partial charge is 0.494 e. The van der Waals surface area contributed by atoms with Crippen LogP contribution in [-0.4, -0.2) is 12.4 Å². The molecule has 0 amide bonds. The van der Waals surface area contributed by atoms with E-state index in [4.69, 9.17) is 4.74 Å². The van der Waals surface area contributed by atoms with Gasteiger partial charge >= 0.3 is 0 Å². The van der Waals surface area contributed by atoms with Crippen LogP contribution in [0, 0.1) is 5.82 Å². The Bertz CT molecular complexity index is 569. The Morgan fingerprint density at radius 3 is 2.45 bits per heavy atom. The average molecular weight is 402 g/mol. The van der Waals surface area contributed by atoms with Gasteiger partial charge < -0.3 is 4.74 Å². The van der Waals surface area contributed by atoms with Crippen LogP contribution in [0.15, 0.2) is 46.9 Å². The van der Waals surface area contributed by atoms with Gasteiger partial charge in [-0.05, 0) is 41.7 Å². The fourth-order valence-electron chi connectivity index (χ4n) is 2.13. The summed E-state index contributed by atoms with van der Waals surface area (Å²) in [6.07, 6.45) is 0.635. The van der Waals surface area contributed by atoms with Gasteiger partial charge in [0, 0.05) is 9.80 Å². The van der Waals surface area contributed by atoms with Gasteiger partial charge in [0.15, 0.2) is 11.6 Å². The van der Waals surface area contributed by atoms with Crippen LogP contribution in [0.3, 0.4) is 0 Å². The van der Waals surface area contributed by atoms with E-state index in [1.54, 1.807) is 6.07 Å². The molecule has 0 heterocycles. The van der Waals surface area contributed by atoms with Crippen molar-refractivity contribution in [2.45, 2.75) is 12.3 Å². The highest BCUT2D eigenvalue weighted by Crippen LogP contribution is 2.28. The highest BCUT2D eigenvalue weighted by molar-refractivity contribution is 9.10. The zero-order valence-electron chi connectivity index (χ0n) is 11.1. The van der Waals surface area contributed by atoms with Gasteiger partial charge in [0.1, 0.15) is 0 Å². The van der Waals surface area contributed by atoms with Crippen molar-refractivity contribution >= 4 is 31.9 Å². The lowest BCUT2D eigenvalue weighted by Gasteiger charge is -2.16. The lowest BCUT2D eigenvalue weighted by Crippen LogP contribution is -2.06. The SMILES string of the molecule is COc1cccc(CC(CBr)c2ccc(Br)cc2)c1F. The second-order valence-corrected chi connectivity index (χ2v) is 6.10. The van der Waals surface area contributed by atoms with Crippen LogP contribution in [-0.2, 0) is 6.42 Å². The highest BCUT2D eigenvalue weighted by atomic mass is 79.9. The summed E-state index contributed by atoms with van der Waals surface area (Å²) >= 11 is 6.95. The van der Waals surface area contributed by atoms with E-state index in [1.165, 1.54) is 12.7 Å². The normalized spacial score (nSPS) is 12.2. The summed E-state index contributed by atoms with van der Waals surface area (Å²) in [7, 11) is 1.49. The van der Waals surface area contributed by atoms with Gasteiger partial charge in [-0.15, -0.1) is 0 Å². The van der Waals surface area contributed by atoms with Crippen molar-refractivity contribution < 1.29 is 9.13 Å². The molecule has 0 fully saturated rings. The minimum Gasteiger partial charge on any atom is -0.494 e. The van der Waals surface area contributed by atoms with Crippen molar-refractivity contribution in [2.75, 3.05) is 12.4 Å². The van der Waals surface area contributed by atoms with E-state index in [-0.39, 0.29) is 11.7 Å². The number of rotatable bonds is 5. The van der Waals surface area contributed by atoms with Gasteiger partial charge in [-0.1, -0.05) is 56.1 Å². The van der Waals surface area contributed by atoms with E-state index >= 15 is 0 Å². The van der Waals surface area contributed by atoms with E-state index in [2.05, 4.69) is 44.0 Å². The van der Waals surface area contributed by atoms with Crippen molar-refractivity contribution in [3.8, 4) is 5.75 Å². The molecule has 1 nitrogen and oxygen atoms in total. The van der Waals surface area contributed by atoms with E-state index < -0.39 is 0 Å². The van der Waals surface area contributed by atoms with E-state index in [1.807, 2.05) is 24.3 Å². The second-order valence-electron chi connectivity index (χ2n) is 4.54. The Labute approximate surface area is 135 Å². The monoisotopic (exact) mass is 400 g/mol. The predicted molar refractivity (Wildman–Crippen MR) is 87.3 cm³/mol. The molecule has 0 spiro atoms. The van der Waals surface area contributed by atoms with E-state index in [9.17, 15) is 4.39 Å². The summed E-state index contributed by atoms with van der Waals surface area (Å²) in [4.78, 5) is 0. The van der Waals surface area contributed by atoms with Gasteiger partial charge in [0.05, 0.1) is 7.11 Å². The number of methoxy groups -OCH3 is 1. The van der Waals surface area contributed by atoms with Gasteiger partial charge in [0.2, 0.25) is 0 Å². The third-order valence-corrected chi connectivity index (χ3v) is 4.57. The minimum atomic E-state index is -0.266. The molecule has 106 valence electrons. The maximum Gasteiger partial charge on any atom is 0.168 e. The van der Waals surface area contributed by atoms with E-state index in [0.29, 0.717) is 17.7 Å². The number of halogens is 3. The molecule has 1 atom stereocenters. The van der Waals surface area contributed by atoms with Gasteiger partial charge in [-0.25, -0.2) is 4.39 Å². The number of hydrogen-bond donors (Lipinski definition) is 0. The molecule has 2 aromatic rings. The molecule has 2 aromatic carbocycles. The van der Waals surface area contributed by atoms with Crippen molar-refractivity contribution in [1.82, 2.24) is 0 Å². The maximum absolute atomic E-state index is 14.2. The molecule has 4 heteroatoms. The van der Waals surface area contributed by atoms with Crippen LogP contribution in [0.4, 0.5) is 4.39 Å². The molecule has 0 radical (unpaired) electrons. The molecule has 0 saturated heterocycles. The molecule has 0 aliphatic rings. The van der Waals surface area contributed by atoms with Crippen molar-refractivity contribution in [3.05, 3.63) is 63.9 Å². The molecule has 0 N–H and O–H groups in total. The highest BCUT2D eigenvalue weighted by Gasteiger charge is 2.15. The van der Waals surface area contributed by atoms with Gasteiger partial charge in [-0.2, -0.15) is 0 Å². The summed E-state index contributed by atoms with van der Waals surface area (Å²) in [5.41, 5.74) is 1.86. The summed E-state index contributed by atoms with van der Waals surface area (Å²) in [6.45, 7) is 0. The molecule has 1 unspecified atom stereocenters. The Morgan fingerprint density at radius 2 is 1.85 bits per heavy atom. The molecule has 0 saturated carbocycles. The van der Waals surface area contributed by atoms with Crippen LogP contribution in [0.2, 0.25) is 0 Å². The summed E-state index contributed by atoms with van der Waals surface area (Å²) < 4.78 is 20.3. The lowest BCUT2D eigenvalue weighted by atomic mass is 9.93. The molecule has 0 aliphatic carbocycles. The Balaban J connectivity index is 2.24. The standard InChI is InChI=1S/C16H15Br2FO/c1-20-15-4-2-3-12(16(15)19)9-13(10-17)11-5-7-14(18)8-6-11/h2-8,13H,9-10H2,1H3. The van der Waals surface area contributed by atoms with Crippen LogP contribution in [0.1, 0.15) is 17.0 Å². The molecule has 0 aliphatic heterocycles. The number of alkyl halides is 1. The molecule has 2 rings (SSSR count). The summed E-state index contributed by atoms with van der Waals surface area (Å²) in [5.74, 6) is 0.259. The number of ether oxygens (including phenoxy) is 1. The van der Waals surface area contributed by atoms with E-state index in [0.717, 1.165) is 9.80 Å². The lowest BCUT2D eigenvalue weighted by molar-refractivity contribution is 0.383. The van der Waals surface area contributed by atoms with Gasteiger partial charge in [0.25, 0.3) is 0 Å². The summed E-state index contributed by atoms with van der Waals surface area (Å²) in [6, 6.07) is 13.4. The van der Waals surface area contributed by atoms with Crippen molar-refractivity contribution in [3.63, 3.8) is 0 Å². The van der Waals surface area contributed by atoms with Crippen LogP contribution in [0.5, 0.6) is 5.75 Å². The van der Waals surface area contributed by atoms with Crippen LogP contribution >= 0.6 is 31.9 Å². The predicted octanol–water partition coefficient (Wildman–Crippen LogP) is 5.32. The topological polar surface area (TPSA) is 9.23 Å². The minimum absolute atomic E-state index is 0.227. The first-order chi connectivity index (χ1) is 9.65. The van der Waals surface area contributed by atoms with Crippen molar-refractivity contribution in [1.29, 1.82) is 0 Å². The Morgan fingerprint density at radius 1 is 1.15 bits per heavy atom. The first kappa shape index (κ1) is 15.5. The van der Waals surface area contributed by atoms with Crippen LogP contribution in [0.25, 0.3) is 0 Å². The zero-order chi connectivity index (χ0) is 14.5.